The van der Waals surface area contributed by atoms with Gasteiger partial charge in [0.25, 0.3) is 5.88 Å². The SMILES string of the molecule is COCCOc1nccnc1N. The fraction of sp³-hybridized carbons (Fsp3) is 0.429. The first-order valence-electron chi connectivity index (χ1n) is 3.53. The number of nitrogens with zero attached hydrogens (tertiary/aromatic N) is 2. The highest BCUT2D eigenvalue weighted by Crippen LogP contribution is 2.11. The Hall–Kier alpha value is -1.36. The van der Waals surface area contributed by atoms with Gasteiger partial charge in [0.05, 0.1) is 6.61 Å². The molecule has 12 heavy (non-hydrogen) atoms. The monoisotopic (exact) mass is 169 g/mol. The lowest BCUT2D eigenvalue weighted by molar-refractivity contribution is 0.144. The van der Waals surface area contributed by atoms with Gasteiger partial charge in [0, 0.05) is 19.5 Å². The topological polar surface area (TPSA) is 70.3 Å². The summed E-state index contributed by atoms with van der Waals surface area (Å²) in [5, 5.41) is 0. The number of ether oxygens (including phenoxy) is 2. The molecule has 0 bridgehead atoms. The van der Waals surface area contributed by atoms with Crippen molar-refractivity contribution in [3.05, 3.63) is 12.4 Å². The summed E-state index contributed by atoms with van der Waals surface area (Å²) < 4.78 is 9.94. The van der Waals surface area contributed by atoms with E-state index in [0.717, 1.165) is 0 Å². The molecule has 0 atom stereocenters. The lowest BCUT2D eigenvalue weighted by Crippen LogP contribution is -2.07. The Bertz CT molecular complexity index is 242. The molecule has 0 saturated carbocycles. The highest BCUT2D eigenvalue weighted by atomic mass is 16.5. The van der Waals surface area contributed by atoms with E-state index in [0.29, 0.717) is 24.9 Å². The zero-order valence-corrected chi connectivity index (χ0v) is 6.86. The molecular formula is C7H11N3O2. The van der Waals surface area contributed by atoms with Crippen LogP contribution in [0.15, 0.2) is 12.4 Å². The molecule has 0 amide bonds. The van der Waals surface area contributed by atoms with Gasteiger partial charge in [-0.25, -0.2) is 9.97 Å². The first kappa shape index (κ1) is 8.73. The maximum atomic E-state index is 5.46. The van der Waals surface area contributed by atoms with Gasteiger partial charge < -0.3 is 15.2 Å². The molecule has 0 radical (unpaired) electrons. The Kier molecular flexibility index (Phi) is 3.28. The number of nitrogens with two attached hydrogens (primary N) is 1. The van der Waals surface area contributed by atoms with Crippen LogP contribution < -0.4 is 10.5 Å². The van der Waals surface area contributed by atoms with Gasteiger partial charge in [-0.1, -0.05) is 0 Å². The second-order valence-corrected chi connectivity index (χ2v) is 2.09. The first-order valence-corrected chi connectivity index (χ1v) is 3.53. The van der Waals surface area contributed by atoms with E-state index < -0.39 is 0 Å². The predicted octanol–water partition coefficient (Wildman–Crippen LogP) is 0.0840. The largest absolute Gasteiger partial charge is 0.473 e. The van der Waals surface area contributed by atoms with Gasteiger partial charge in [0.1, 0.15) is 6.61 Å². The minimum absolute atomic E-state index is 0.300. The summed E-state index contributed by atoms with van der Waals surface area (Å²) >= 11 is 0. The van der Waals surface area contributed by atoms with Gasteiger partial charge in [0.2, 0.25) is 0 Å². The Morgan fingerprint density at radius 2 is 2.08 bits per heavy atom. The average Bonchev–Trinajstić information content (AvgIpc) is 2.09. The third kappa shape index (κ3) is 2.35. The summed E-state index contributed by atoms with van der Waals surface area (Å²) in [6.07, 6.45) is 3.04. The second-order valence-electron chi connectivity index (χ2n) is 2.09. The van der Waals surface area contributed by atoms with Crippen molar-refractivity contribution in [2.24, 2.45) is 0 Å². The van der Waals surface area contributed by atoms with Crippen LogP contribution in [0.5, 0.6) is 5.88 Å². The molecule has 5 nitrogen and oxygen atoms in total. The van der Waals surface area contributed by atoms with Crippen molar-refractivity contribution in [3.8, 4) is 5.88 Å². The number of nitrogen functional groups attached to an aromatic ring is 1. The van der Waals surface area contributed by atoms with Crippen LogP contribution in [-0.2, 0) is 4.74 Å². The van der Waals surface area contributed by atoms with Gasteiger partial charge in [-0.3, -0.25) is 0 Å². The number of methoxy groups -OCH3 is 1. The minimum Gasteiger partial charge on any atom is -0.473 e. The normalized spacial score (nSPS) is 9.75. The van der Waals surface area contributed by atoms with Crippen LogP contribution in [0.4, 0.5) is 5.82 Å². The fourth-order valence-corrected chi connectivity index (χ4v) is 0.669. The van der Waals surface area contributed by atoms with Crippen molar-refractivity contribution >= 4 is 5.82 Å². The Morgan fingerprint density at radius 1 is 1.33 bits per heavy atom. The standard InChI is InChI=1S/C7H11N3O2/c1-11-4-5-12-7-6(8)9-2-3-10-7/h2-3H,4-5H2,1H3,(H2,8,9). The molecule has 66 valence electrons. The summed E-state index contributed by atoms with van der Waals surface area (Å²) in [5.74, 6) is 0.656. The molecule has 5 heteroatoms. The van der Waals surface area contributed by atoms with E-state index in [1.807, 2.05) is 0 Å². The quantitative estimate of drug-likeness (QED) is 0.646. The summed E-state index contributed by atoms with van der Waals surface area (Å²) in [6, 6.07) is 0. The van der Waals surface area contributed by atoms with E-state index in [2.05, 4.69) is 9.97 Å². The van der Waals surface area contributed by atoms with Crippen LogP contribution in [0.3, 0.4) is 0 Å². The highest BCUT2D eigenvalue weighted by Gasteiger charge is 1.99. The molecule has 0 aliphatic heterocycles. The molecule has 0 aromatic carbocycles. The van der Waals surface area contributed by atoms with Gasteiger partial charge in [-0.15, -0.1) is 0 Å². The van der Waals surface area contributed by atoms with Gasteiger partial charge in [-0.05, 0) is 0 Å². The maximum absolute atomic E-state index is 5.46. The zero-order chi connectivity index (χ0) is 8.81. The van der Waals surface area contributed by atoms with E-state index in [-0.39, 0.29) is 0 Å². The lowest BCUT2D eigenvalue weighted by atomic mass is 10.6. The Labute approximate surface area is 70.5 Å². The van der Waals surface area contributed by atoms with Crippen molar-refractivity contribution in [2.75, 3.05) is 26.1 Å². The molecular weight excluding hydrogens is 158 g/mol. The molecule has 0 fully saturated rings. The Balaban J connectivity index is 2.46. The number of hydrogen-bond donors (Lipinski definition) is 1. The highest BCUT2D eigenvalue weighted by molar-refractivity contribution is 5.38. The zero-order valence-electron chi connectivity index (χ0n) is 6.86. The third-order valence-corrected chi connectivity index (χ3v) is 1.22. The summed E-state index contributed by atoms with van der Waals surface area (Å²) in [7, 11) is 1.60. The molecule has 0 unspecified atom stereocenters. The number of aromatic nitrogens is 2. The van der Waals surface area contributed by atoms with Crippen LogP contribution in [0, 0.1) is 0 Å². The van der Waals surface area contributed by atoms with Crippen molar-refractivity contribution in [1.29, 1.82) is 0 Å². The second kappa shape index (κ2) is 4.50. The van der Waals surface area contributed by atoms with Crippen molar-refractivity contribution in [2.45, 2.75) is 0 Å². The molecule has 0 aliphatic rings. The summed E-state index contributed by atoms with van der Waals surface area (Å²) in [6.45, 7) is 0.940. The molecule has 0 aliphatic carbocycles. The predicted molar refractivity (Wildman–Crippen MR) is 43.8 cm³/mol. The smallest absolute Gasteiger partial charge is 0.257 e. The minimum atomic E-state index is 0.300. The molecule has 0 saturated heterocycles. The molecule has 2 N–H and O–H groups in total. The third-order valence-electron chi connectivity index (χ3n) is 1.22. The van der Waals surface area contributed by atoms with Crippen LogP contribution in [0.25, 0.3) is 0 Å². The van der Waals surface area contributed by atoms with Crippen LogP contribution in [0.1, 0.15) is 0 Å². The number of rotatable bonds is 4. The average molecular weight is 169 g/mol. The summed E-state index contributed by atoms with van der Waals surface area (Å²) in [5.41, 5.74) is 5.46. The van der Waals surface area contributed by atoms with Gasteiger partial charge in [-0.2, -0.15) is 0 Å². The van der Waals surface area contributed by atoms with Crippen molar-refractivity contribution in [1.82, 2.24) is 9.97 Å². The number of hydrogen-bond acceptors (Lipinski definition) is 5. The van der Waals surface area contributed by atoms with Crippen molar-refractivity contribution < 1.29 is 9.47 Å². The summed E-state index contributed by atoms with van der Waals surface area (Å²) in [4.78, 5) is 7.69. The molecule has 0 spiro atoms. The number of anilines is 1. The van der Waals surface area contributed by atoms with E-state index in [4.69, 9.17) is 15.2 Å². The van der Waals surface area contributed by atoms with Gasteiger partial charge >= 0.3 is 0 Å². The molecule has 1 heterocycles. The van der Waals surface area contributed by atoms with E-state index >= 15 is 0 Å². The Morgan fingerprint density at radius 3 is 2.75 bits per heavy atom. The van der Waals surface area contributed by atoms with Crippen molar-refractivity contribution in [3.63, 3.8) is 0 Å². The van der Waals surface area contributed by atoms with E-state index in [1.54, 1.807) is 7.11 Å². The molecule has 1 rings (SSSR count). The van der Waals surface area contributed by atoms with Crippen LogP contribution in [0.2, 0.25) is 0 Å². The molecule has 1 aromatic rings. The van der Waals surface area contributed by atoms with Gasteiger partial charge in [0.15, 0.2) is 5.82 Å². The lowest BCUT2D eigenvalue weighted by Gasteiger charge is -2.04. The fourth-order valence-electron chi connectivity index (χ4n) is 0.669. The molecule has 1 aromatic heterocycles. The maximum Gasteiger partial charge on any atom is 0.257 e. The van der Waals surface area contributed by atoms with Crippen LogP contribution >= 0.6 is 0 Å². The van der Waals surface area contributed by atoms with Crippen LogP contribution in [-0.4, -0.2) is 30.3 Å². The first-order chi connectivity index (χ1) is 5.84. The van der Waals surface area contributed by atoms with E-state index in [1.165, 1.54) is 12.4 Å². The van der Waals surface area contributed by atoms with E-state index in [9.17, 15) is 0 Å².